The number of aliphatic hydroxyl groups excluding tert-OH is 4. The molecule has 0 aromatic rings. The number of hydrogen-bond donors (Lipinski definition) is 4. The van der Waals surface area contributed by atoms with Crippen LogP contribution in [0.5, 0.6) is 0 Å². The van der Waals surface area contributed by atoms with Gasteiger partial charge in [-0.05, 0) is 27.7 Å². The van der Waals surface area contributed by atoms with Crippen LogP contribution in [-0.2, 0) is 23.2 Å². The summed E-state index contributed by atoms with van der Waals surface area (Å²) >= 11 is 0.333. The van der Waals surface area contributed by atoms with Crippen LogP contribution in [0.4, 0.5) is 0 Å². The van der Waals surface area contributed by atoms with Crippen LogP contribution < -0.4 is 0 Å². The predicted molar refractivity (Wildman–Crippen MR) is 51.7 cm³/mol. The van der Waals surface area contributed by atoms with Gasteiger partial charge in [0.05, 0.1) is 0 Å². The molecule has 0 bridgehead atoms. The molecule has 92 valence electrons. The zero-order valence-corrected chi connectivity index (χ0v) is 12.4. The fourth-order valence-corrected chi connectivity index (χ4v) is 0. The van der Waals surface area contributed by atoms with Gasteiger partial charge in [-0.15, -0.1) is 0 Å². The quantitative estimate of drug-likeness (QED) is 0.467. The van der Waals surface area contributed by atoms with Crippen LogP contribution in [0.25, 0.3) is 0 Å². The van der Waals surface area contributed by atoms with E-state index in [4.69, 9.17) is 23.8 Å². The number of aliphatic hydroxyl groups is 4. The van der Waals surface area contributed by atoms with Crippen molar-refractivity contribution in [3.8, 4) is 0 Å². The summed E-state index contributed by atoms with van der Waals surface area (Å²) in [5.41, 5.74) is 0. The number of hydrogen-bond acceptors (Lipinski definition) is 5. The van der Waals surface area contributed by atoms with Crippen LogP contribution in [0.15, 0.2) is 0 Å². The van der Waals surface area contributed by atoms with E-state index in [0.29, 0.717) is 19.8 Å². The van der Waals surface area contributed by atoms with E-state index in [0.717, 1.165) is 0 Å². The summed E-state index contributed by atoms with van der Waals surface area (Å²) in [6.07, 6.45) is 0. The molecule has 0 amide bonds. The first-order valence-electron chi connectivity index (χ1n) is 4.26. The second-order valence-electron chi connectivity index (χ2n) is 1.26. The van der Waals surface area contributed by atoms with E-state index in [1.54, 1.807) is 27.7 Å². The standard InChI is InChI=1S/4C2H6O.O.W/c4*1-2-3;;/h4*3H,2H2,1H3;;. The van der Waals surface area contributed by atoms with Crippen molar-refractivity contribution in [1.82, 2.24) is 0 Å². The molecule has 0 aromatic carbocycles. The van der Waals surface area contributed by atoms with Crippen molar-refractivity contribution in [3.63, 3.8) is 0 Å². The molecule has 0 spiro atoms. The van der Waals surface area contributed by atoms with Crippen molar-refractivity contribution in [2.75, 3.05) is 26.4 Å². The average molecular weight is 384 g/mol. The summed E-state index contributed by atoms with van der Waals surface area (Å²) in [6, 6.07) is 0. The molecule has 0 saturated carbocycles. The van der Waals surface area contributed by atoms with Crippen LogP contribution >= 0.6 is 0 Å². The van der Waals surface area contributed by atoms with E-state index in [-0.39, 0.29) is 26.4 Å². The molecule has 0 unspecified atom stereocenters. The number of rotatable bonds is 0. The molecule has 0 aliphatic heterocycles. The molecule has 0 aliphatic carbocycles. The minimum atomic E-state index is 0.250. The third kappa shape index (κ3) is 14700. The van der Waals surface area contributed by atoms with Gasteiger partial charge in [0.2, 0.25) is 0 Å². The van der Waals surface area contributed by atoms with Crippen molar-refractivity contribution < 1.29 is 43.6 Å². The predicted octanol–water partition coefficient (Wildman–Crippen LogP) is -0.127. The normalized spacial score (nSPS) is 5.43. The second-order valence-corrected chi connectivity index (χ2v) is 1.26. The molecule has 0 heterocycles. The molecule has 0 saturated heterocycles. The van der Waals surface area contributed by atoms with Gasteiger partial charge in [-0.3, -0.25) is 0 Å². The summed E-state index contributed by atoms with van der Waals surface area (Å²) in [6.45, 7) is 7.72. The van der Waals surface area contributed by atoms with E-state index in [9.17, 15) is 0 Å². The molecular weight excluding hydrogens is 360 g/mol. The Kier molecular flexibility index (Phi) is 226. The van der Waals surface area contributed by atoms with Crippen molar-refractivity contribution in [2.24, 2.45) is 0 Å². The van der Waals surface area contributed by atoms with Crippen LogP contribution in [0.2, 0.25) is 0 Å². The van der Waals surface area contributed by atoms with Crippen molar-refractivity contribution in [3.05, 3.63) is 0 Å². The third-order valence-electron chi connectivity index (χ3n) is 0. The van der Waals surface area contributed by atoms with Gasteiger partial charge in [0.15, 0.2) is 0 Å². The van der Waals surface area contributed by atoms with E-state index in [1.807, 2.05) is 0 Å². The summed E-state index contributed by atoms with van der Waals surface area (Å²) in [5.74, 6) is 0. The van der Waals surface area contributed by atoms with Gasteiger partial charge in [0.25, 0.3) is 0 Å². The van der Waals surface area contributed by atoms with Crippen LogP contribution in [0, 0.1) is 0 Å². The minimum absolute atomic E-state index is 0.250. The van der Waals surface area contributed by atoms with E-state index in [2.05, 4.69) is 0 Å². The first-order chi connectivity index (χ1) is 6.66. The first-order valence-corrected chi connectivity index (χ1v) is 5.46. The fourth-order valence-electron chi connectivity index (χ4n) is 0. The first kappa shape index (κ1) is 29.3. The second kappa shape index (κ2) is 108. The maximum atomic E-state index is 8.33. The van der Waals surface area contributed by atoms with Gasteiger partial charge in [0.1, 0.15) is 0 Å². The molecule has 0 rings (SSSR count). The van der Waals surface area contributed by atoms with Gasteiger partial charge < -0.3 is 20.4 Å². The molecule has 0 radical (unpaired) electrons. The SMILES string of the molecule is CCO.CCO.CCO.CCO.[O]=[W]. The topological polar surface area (TPSA) is 98.0 Å². The van der Waals surface area contributed by atoms with Gasteiger partial charge >= 0.3 is 23.2 Å². The molecule has 0 aromatic heterocycles. The maximum absolute atomic E-state index is 8.33. The van der Waals surface area contributed by atoms with Crippen LogP contribution in [0.1, 0.15) is 27.7 Å². The molecule has 6 heteroatoms. The van der Waals surface area contributed by atoms with Crippen molar-refractivity contribution in [2.45, 2.75) is 27.7 Å². The average Bonchev–Trinajstić information content (AvgIpc) is 2.12. The molecule has 0 fully saturated rings. The monoisotopic (exact) mass is 384 g/mol. The van der Waals surface area contributed by atoms with Gasteiger partial charge in [-0.25, -0.2) is 0 Å². The molecule has 0 aliphatic rings. The molecular formula is C8H24O5W. The summed E-state index contributed by atoms with van der Waals surface area (Å²) in [4.78, 5) is 0. The van der Waals surface area contributed by atoms with Crippen molar-refractivity contribution in [1.29, 1.82) is 0 Å². The van der Waals surface area contributed by atoms with Crippen LogP contribution in [0.3, 0.4) is 0 Å². The van der Waals surface area contributed by atoms with Gasteiger partial charge in [-0.1, -0.05) is 0 Å². The molecule has 0 atom stereocenters. The zero-order valence-electron chi connectivity index (χ0n) is 9.43. The summed E-state index contributed by atoms with van der Waals surface area (Å²) in [5, 5.41) is 30.3. The van der Waals surface area contributed by atoms with Gasteiger partial charge in [-0.2, -0.15) is 0 Å². The molecule has 5 nitrogen and oxygen atoms in total. The van der Waals surface area contributed by atoms with E-state index in [1.165, 1.54) is 0 Å². The Bertz CT molecular complexity index is 32.9. The molecule has 14 heavy (non-hydrogen) atoms. The Labute approximate surface area is 98.0 Å². The Balaban J connectivity index is -0.0000000243. The third-order valence-corrected chi connectivity index (χ3v) is 0. The Morgan fingerprint density at radius 3 is 0.643 bits per heavy atom. The summed E-state index contributed by atoms with van der Waals surface area (Å²) in [7, 11) is 0. The molecule has 4 N–H and O–H groups in total. The Morgan fingerprint density at radius 2 is 0.643 bits per heavy atom. The Hall–Kier alpha value is 0.328. The van der Waals surface area contributed by atoms with Crippen LogP contribution in [-0.4, -0.2) is 46.9 Å². The summed E-state index contributed by atoms with van der Waals surface area (Å²) < 4.78 is 8.33. The zero-order chi connectivity index (χ0) is 12.8. The Morgan fingerprint density at radius 1 is 0.643 bits per heavy atom. The van der Waals surface area contributed by atoms with E-state index >= 15 is 0 Å². The van der Waals surface area contributed by atoms with Gasteiger partial charge in [0, 0.05) is 26.4 Å². The van der Waals surface area contributed by atoms with Crippen molar-refractivity contribution >= 4 is 0 Å². The fraction of sp³-hybridized carbons (Fsp3) is 1.00. The van der Waals surface area contributed by atoms with E-state index < -0.39 is 0 Å².